The minimum absolute atomic E-state index is 0.0476. The lowest BCUT2D eigenvalue weighted by Crippen LogP contribution is -2.58. The number of aryl methyl sites for hydroxylation is 1. The van der Waals surface area contributed by atoms with Crippen LogP contribution in [-0.4, -0.2) is 81.4 Å². The molecule has 0 saturated carbocycles. The Morgan fingerprint density at radius 1 is 1.09 bits per heavy atom. The molecule has 9 nitrogen and oxygen atoms in total. The van der Waals surface area contributed by atoms with Gasteiger partial charge in [-0.3, -0.25) is 9.78 Å². The average Bonchev–Trinajstić information content (AvgIpc) is 2.80. The van der Waals surface area contributed by atoms with Crippen molar-refractivity contribution in [3.05, 3.63) is 48.0 Å². The Kier molecular flexibility index (Phi) is 7.46. The number of ether oxygens (including phenoxy) is 1. The fourth-order valence-corrected chi connectivity index (χ4v) is 3.67. The quantitative estimate of drug-likeness (QED) is 0.717. The summed E-state index contributed by atoms with van der Waals surface area (Å²) in [6, 6.07) is 5.55. The molecule has 1 spiro atoms. The van der Waals surface area contributed by atoms with Crippen LogP contribution in [0, 0.1) is 6.92 Å². The number of amides is 1. The van der Waals surface area contributed by atoms with E-state index in [9.17, 15) is 18.0 Å². The maximum atomic E-state index is 12.7. The highest BCUT2D eigenvalue weighted by molar-refractivity contribution is 5.94. The minimum atomic E-state index is -5.08. The maximum absolute atomic E-state index is 12.7. The number of morpholine rings is 1. The van der Waals surface area contributed by atoms with Gasteiger partial charge in [-0.1, -0.05) is 0 Å². The molecule has 0 radical (unpaired) electrons. The summed E-state index contributed by atoms with van der Waals surface area (Å²) in [5.74, 6) is -1.96. The van der Waals surface area contributed by atoms with Gasteiger partial charge in [-0.25, -0.2) is 14.8 Å². The summed E-state index contributed by atoms with van der Waals surface area (Å²) in [5, 5.41) is 7.12. The van der Waals surface area contributed by atoms with Gasteiger partial charge in [-0.15, -0.1) is 0 Å². The Balaban J connectivity index is 0.000000383. The molecule has 2 aromatic rings. The number of pyridine rings is 1. The second-order valence-corrected chi connectivity index (χ2v) is 7.79. The number of aliphatic carboxylic acids is 1. The van der Waals surface area contributed by atoms with Crippen molar-refractivity contribution in [3.63, 3.8) is 0 Å². The number of halogens is 3. The van der Waals surface area contributed by atoms with E-state index in [1.807, 2.05) is 30.0 Å². The number of carboxylic acid groups (broad SMARTS) is 1. The van der Waals surface area contributed by atoms with Gasteiger partial charge in [-0.2, -0.15) is 13.2 Å². The van der Waals surface area contributed by atoms with E-state index < -0.39 is 12.1 Å². The average molecular weight is 467 g/mol. The van der Waals surface area contributed by atoms with Gasteiger partial charge in [0.25, 0.3) is 5.91 Å². The summed E-state index contributed by atoms with van der Waals surface area (Å²) in [5.41, 5.74) is 1.34. The van der Waals surface area contributed by atoms with E-state index in [1.54, 1.807) is 18.6 Å². The van der Waals surface area contributed by atoms with E-state index in [-0.39, 0.29) is 11.5 Å². The SMILES string of the molecule is Cc1ccc(C(=O)N2CCC3(CC2)CN(c2ncccn2)CCO3)cn1.O=C(O)C(F)(F)F. The van der Waals surface area contributed by atoms with Gasteiger partial charge < -0.3 is 19.6 Å². The highest BCUT2D eigenvalue weighted by Crippen LogP contribution is 2.31. The third-order valence-corrected chi connectivity index (χ3v) is 5.45. The lowest BCUT2D eigenvalue weighted by atomic mass is 9.89. The lowest BCUT2D eigenvalue weighted by Gasteiger charge is -2.47. The van der Waals surface area contributed by atoms with Gasteiger partial charge in [0.15, 0.2) is 0 Å². The zero-order valence-electron chi connectivity index (χ0n) is 18.0. The van der Waals surface area contributed by atoms with E-state index in [1.165, 1.54) is 0 Å². The van der Waals surface area contributed by atoms with Crippen LogP contribution >= 0.6 is 0 Å². The largest absolute Gasteiger partial charge is 0.490 e. The third-order valence-electron chi connectivity index (χ3n) is 5.45. The molecule has 178 valence electrons. The molecule has 2 aliphatic rings. The summed E-state index contributed by atoms with van der Waals surface area (Å²) in [7, 11) is 0. The van der Waals surface area contributed by atoms with Gasteiger partial charge in [0.1, 0.15) is 0 Å². The highest BCUT2D eigenvalue weighted by atomic mass is 19.4. The van der Waals surface area contributed by atoms with Crippen LogP contribution in [0.2, 0.25) is 0 Å². The van der Waals surface area contributed by atoms with Crippen LogP contribution in [0.5, 0.6) is 0 Å². The van der Waals surface area contributed by atoms with Crippen LogP contribution in [-0.2, 0) is 9.53 Å². The molecular formula is C21H24F3N5O4. The summed E-state index contributed by atoms with van der Waals surface area (Å²) in [6.07, 6.45) is 1.75. The number of rotatable bonds is 2. The second kappa shape index (κ2) is 10.1. The van der Waals surface area contributed by atoms with Crippen LogP contribution in [0.15, 0.2) is 36.8 Å². The number of piperidine rings is 1. The van der Waals surface area contributed by atoms with Crippen molar-refractivity contribution in [1.29, 1.82) is 0 Å². The second-order valence-electron chi connectivity index (χ2n) is 7.79. The number of carbonyl (C=O) groups excluding carboxylic acids is 1. The first-order chi connectivity index (χ1) is 15.6. The number of likely N-dealkylation sites (tertiary alicyclic amines) is 1. The molecule has 1 N–H and O–H groups in total. The number of carboxylic acids is 1. The molecule has 1 amide bonds. The van der Waals surface area contributed by atoms with Crippen molar-refractivity contribution in [2.45, 2.75) is 31.5 Å². The fraction of sp³-hybridized carbons (Fsp3) is 0.476. The Morgan fingerprint density at radius 2 is 1.73 bits per heavy atom. The van der Waals surface area contributed by atoms with Crippen molar-refractivity contribution in [3.8, 4) is 0 Å². The highest BCUT2D eigenvalue weighted by Gasteiger charge is 2.41. The minimum Gasteiger partial charge on any atom is -0.475 e. The molecule has 4 rings (SSSR count). The first kappa shape index (κ1) is 24.4. The normalized spacial score (nSPS) is 17.8. The molecule has 0 atom stereocenters. The predicted octanol–water partition coefficient (Wildman–Crippen LogP) is 2.32. The standard InChI is InChI=1S/C19H23N5O2.C2HF3O2/c1-15-3-4-16(13-22-15)17(25)23-9-5-19(6-10-23)14-24(11-12-26-19)18-20-7-2-8-21-18;3-2(4,5)1(6)7/h2-4,7-8,13H,5-6,9-12,14H2,1H3;(H,6,7). The van der Waals surface area contributed by atoms with Crippen LogP contribution in [0.25, 0.3) is 0 Å². The Labute approximate surface area is 188 Å². The number of carbonyl (C=O) groups is 2. The number of alkyl halides is 3. The van der Waals surface area contributed by atoms with Gasteiger partial charge in [0.2, 0.25) is 5.95 Å². The van der Waals surface area contributed by atoms with Crippen molar-refractivity contribution in [2.24, 2.45) is 0 Å². The Morgan fingerprint density at radius 3 is 2.27 bits per heavy atom. The molecule has 0 unspecified atom stereocenters. The number of hydrogen-bond acceptors (Lipinski definition) is 7. The predicted molar refractivity (Wildman–Crippen MR) is 111 cm³/mol. The smallest absolute Gasteiger partial charge is 0.475 e. The Hall–Kier alpha value is -3.28. The van der Waals surface area contributed by atoms with Crippen LogP contribution in [0.4, 0.5) is 19.1 Å². The molecule has 12 heteroatoms. The molecule has 2 fully saturated rings. The zero-order valence-corrected chi connectivity index (χ0v) is 18.0. The molecular weight excluding hydrogens is 443 g/mol. The number of anilines is 1. The van der Waals surface area contributed by atoms with E-state index in [0.717, 1.165) is 37.6 Å². The first-order valence-electron chi connectivity index (χ1n) is 10.3. The molecule has 0 bridgehead atoms. The number of nitrogens with zero attached hydrogens (tertiary/aromatic N) is 5. The molecule has 2 aromatic heterocycles. The fourth-order valence-electron chi connectivity index (χ4n) is 3.67. The van der Waals surface area contributed by atoms with E-state index in [2.05, 4.69) is 19.9 Å². The first-order valence-corrected chi connectivity index (χ1v) is 10.3. The maximum Gasteiger partial charge on any atom is 0.490 e. The van der Waals surface area contributed by atoms with Crippen LogP contribution in [0.3, 0.4) is 0 Å². The molecule has 4 heterocycles. The van der Waals surface area contributed by atoms with E-state index in [4.69, 9.17) is 14.6 Å². The molecule has 2 aliphatic heterocycles. The van der Waals surface area contributed by atoms with Crippen LogP contribution < -0.4 is 4.90 Å². The summed E-state index contributed by atoms with van der Waals surface area (Å²) in [6.45, 7) is 5.52. The van der Waals surface area contributed by atoms with Crippen molar-refractivity contribution in [2.75, 3.05) is 37.7 Å². The van der Waals surface area contributed by atoms with Crippen LogP contribution in [0.1, 0.15) is 28.9 Å². The summed E-state index contributed by atoms with van der Waals surface area (Å²) >= 11 is 0. The topological polar surface area (TPSA) is 109 Å². The molecule has 33 heavy (non-hydrogen) atoms. The molecule has 2 saturated heterocycles. The van der Waals surface area contributed by atoms with Crippen molar-refractivity contribution < 1.29 is 32.6 Å². The Bertz CT molecular complexity index is 949. The molecule has 0 aliphatic carbocycles. The van der Waals surface area contributed by atoms with E-state index in [0.29, 0.717) is 25.3 Å². The zero-order chi connectivity index (χ0) is 24.1. The summed E-state index contributed by atoms with van der Waals surface area (Å²) in [4.78, 5) is 38.6. The monoisotopic (exact) mass is 467 g/mol. The van der Waals surface area contributed by atoms with Gasteiger partial charge in [-0.05, 0) is 38.0 Å². The van der Waals surface area contributed by atoms with Gasteiger partial charge >= 0.3 is 12.1 Å². The number of hydrogen-bond donors (Lipinski definition) is 1. The lowest BCUT2D eigenvalue weighted by molar-refractivity contribution is -0.192. The van der Waals surface area contributed by atoms with Gasteiger partial charge in [0, 0.05) is 43.9 Å². The number of aromatic nitrogens is 3. The molecule has 0 aromatic carbocycles. The van der Waals surface area contributed by atoms with Crippen molar-refractivity contribution in [1.82, 2.24) is 19.9 Å². The van der Waals surface area contributed by atoms with Gasteiger partial charge in [0.05, 0.1) is 24.3 Å². The van der Waals surface area contributed by atoms with E-state index >= 15 is 0 Å². The summed E-state index contributed by atoms with van der Waals surface area (Å²) < 4.78 is 37.9. The third kappa shape index (κ3) is 6.37. The van der Waals surface area contributed by atoms with Crippen molar-refractivity contribution >= 4 is 17.8 Å².